The Morgan fingerprint density at radius 3 is 2.95 bits per heavy atom. The van der Waals surface area contributed by atoms with Crippen LogP contribution in [-0.2, 0) is 0 Å². The smallest absolute Gasteiger partial charge is 0.269 e. The number of nitro benzene ring substituents is 1. The predicted molar refractivity (Wildman–Crippen MR) is 83.7 cm³/mol. The molecule has 0 fully saturated rings. The molecule has 2 heterocycles. The van der Waals surface area contributed by atoms with Crippen LogP contribution in [0.4, 0.5) is 11.4 Å². The zero-order chi connectivity index (χ0) is 15.1. The summed E-state index contributed by atoms with van der Waals surface area (Å²) in [5.74, 6) is 0.563. The molecular weight excluding hydrogens is 278 g/mol. The molecule has 2 aromatic rings. The average molecular weight is 293 g/mol. The van der Waals surface area contributed by atoms with Gasteiger partial charge in [0.15, 0.2) is 0 Å². The number of rotatable bonds is 2. The lowest BCUT2D eigenvalue weighted by Crippen LogP contribution is -2.29. The first-order valence-electron chi connectivity index (χ1n) is 7.36. The van der Waals surface area contributed by atoms with E-state index in [9.17, 15) is 10.1 Å². The van der Waals surface area contributed by atoms with Crippen LogP contribution < -0.4 is 5.32 Å². The Morgan fingerprint density at radius 2 is 2.18 bits per heavy atom. The first kappa shape index (κ1) is 13.0. The van der Waals surface area contributed by atoms with E-state index in [-0.39, 0.29) is 22.6 Å². The quantitative estimate of drug-likeness (QED) is 0.519. The minimum absolute atomic E-state index is 0.134. The second kappa shape index (κ2) is 4.94. The molecule has 0 saturated heterocycles. The number of allylic oxidation sites excluding steroid dienone is 2. The number of aromatic nitrogens is 1. The molecule has 0 unspecified atom stereocenters. The van der Waals surface area contributed by atoms with Gasteiger partial charge in [-0.25, -0.2) is 0 Å². The van der Waals surface area contributed by atoms with Crippen LogP contribution in [0.1, 0.15) is 29.6 Å². The van der Waals surface area contributed by atoms with Crippen LogP contribution >= 0.6 is 0 Å². The average Bonchev–Trinajstić information content (AvgIpc) is 3.04. The Bertz CT molecular complexity index is 758. The summed E-state index contributed by atoms with van der Waals surface area (Å²) in [5, 5.41) is 14.5. The fraction of sp³-hybridized carbons (Fsp3) is 0.235. The van der Waals surface area contributed by atoms with Crippen molar-refractivity contribution in [3.63, 3.8) is 0 Å². The third-order valence-electron chi connectivity index (χ3n) is 4.56. The highest BCUT2D eigenvalue weighted by Crippen LogP contribution is 2.49. The third kappa shape index (κ3) is 1.97. The van der Waals surface area contributed by atoms with E-state index in [2.05, 4.69) is 22.5 Å². The van der Waals surface area contributed by atoms with Crippen molar-refractivity contribution in [2.45, 2.75) is 18.4 Å². The second-order valence-electron chi connectivity index (χ2n) is 5.76. The summed E-state index contributed by atoms with van der Waals surface area (Å²) in [7, 11) is 0. The van der Waals surface area contributed by atoms with Crippen molar-refractivity contribution < 1.29 is 4.92 Å². The molecule has 5 heteroatoms. The molecule has 1 aliphatic heterocycles. The van der Waals surface area contributed by atoms with Gasteiger partial charge in [-0.1, -0.05) is 18.2 Å². The standard InChI is InChI=1S/C17H15N3O2/c21-20(22)11-7-8-15-14(10-11)12-4-3-5-13(12)17(19-15)16-6-1-2-9-18-16/h1-4,6-10,12-13,17,19H,5H2/t12-,13-,17+/m1/s1. The highest BCUT2D eigenvalue weighted by atomic mass is 16.6. The van der Waals surface area contributed by atoms with Gasteiger partial charge in [0.1, 0.15) is 0 Å². The molecule has 2 aliphatic rings. The molecule has 1 aromatic heterocycles. The highest BCUT2D eigenvalue weighted by Gasteiger charge is 2.39. The molecule has 0 spiro atoms. The van der Waals surface area contributed by atoms with E-state index >= 15 is 0 Å². The lowest BCUT2D eigenvalue weighted by molar-refractivity contribution is -0.384. The summed E-state index contributed by atoms with van der Waals surface area (Å²) in [6, 6.07) is 11.1. The zero-order valence-corrected chi connectivity index (χ0v) is 11.8. The molecule has 22 heavy (non-hydrogen) atoms. The lowest BCUT2D eigenvalue weighted by atomic mass is 9.78. The molecule has 3 atom stereocenters. The molecule has 1 aliphatic carbocycles. The third-order valence-corrected chi connectivity index (χ3v) is 4.56. The van der Waals surface area contributed by atoms with E-state index in [1.165, 1.54) is 0 Å². The van der Waals surface area contributed by atoms with Gasteiger partial charge in [0.05, 0.1) is 16.7 Å². The lowest BCUT2D eigenvalue weighted by Gasteiger charge is -2.36. The van der Waals surface area contributed by atoms with Crippen molar-refractivity contribution in [3.05, 3.63) is 76.1 Å². The zero-order valence-electron chi connectivity index (χ0n) is 11.8. The van der Waals surface area contributed by atoms with E-state index in [0.717, 1.165) is 23.4 Å². The van der Waals surface area contributed by atoms with Gasteiger partial charge < -0.3 is 5.32 Å². The van der Waals surface area contributed by atoms with Gasteiger partial charge in [0, 0.05) is 29.9 Å². The molecule has 0 saturated carbocycles. The summed E-state index contributed by atoms with van der Waals surface area (Å²) in [6.07, 6.45) is 7.10. The first-order chi connectivity index (χ1) is 10.7. The minimum Gasteiger partial charge on any atom is -0.376 e. The number of non-ortho nitro benzene ring substituents is 1. The Hall–Kier alpha value is -2.69. The van der Waals surface area contributed by atoms with Crippen LogP contribution in [0.2, 0.25) is 0 Å². The normalized spacial score (nSPS) is 25.2. The Kier molecular flexibility index (Phi) is 2.92. The maximum absolute atomic E-state index is 11.0. The number of nitrogens with one attached hydrogen (secondary N) is 1. The molecule has 1 aromatic carbocycles. The molecule has 4 rings (SSSR count). The van der Waals surface area contributed by atoms with Crippen molar-refractivity contribution in [1.29, 1.82) is 0 Å². The summed E-state index contributed by atoms with van der Waals surface area (Å²) in [5.41, 5.74) is 3.15. The maximum atomic E-state index is 11.0. The fourth-order valence-corrected chi connectivity index (χ4v) is 3.55. The first-order valence-corrected chi connectivity index (χ1v) is 7.36. The van der Waals surface area contributed by atoms with Crippen LogP contribution in [0.25, 0.3) is 0 Å². The summed E-state index contributed by atoms with van der Waals surface area (Å²) in [6.45, 7) is 0. The number of nitrogens with zero attached hydrogens (tertiary/aromatic N) is 2. The topological polar surface area (TPSA) is 68.1 Å². The van der Waals surface area contributed by atoms with Gasteiger partial charge in [-0.05, 0) is 36.1 Å². The van der Waals surface area contributed by atoms with E-state index in [4.69, 9.17) is 0 Å². The monoisotopic (exact) mass is 293 g/mol. The predicted octanol–water partition coefficient (Wildman–Crippen LogP) is 3.82. The van der Waals surface area contributed by atoms with Crippen molar-refractivity contribution in [3.8, 4) is 0 Å². The number of nitro groups is 1. The van der Waals surface area contributed by atoms with Gasteiger partial charge in [0.2, 0.25) is 0 Å². The van der Waals surface area contributed by atoms with Crippen LogP contribution in [-0.4, -0.2) is 9.91 Å². The molecule has 0 bridgehead atoms. The van der Waals surface area contributed by atoms with E-state index in [1.807, 2.05) is 24.3 Å². The van der Waals surface area contributed by atoms with Crippen molar-refractivity contribution in [2.75, 3.05) is 5.32 Å². The number of benzene rings is 1. The SMILES string of the molecule is O=[N+]([O-])c1ccc2c(c1)[C@@H]1C=CC[C@H]1[C@@H](c1ccccn1)N2. The van der Waals surface area contributed by atoms with Gasteiger partial charge in [-0.15, -0.1) is 0 Å². The Balaban J connectivity index is 1.79. The largest absolute Gasteiger partial charge is 0.376 e. The summed E-state index contributed by atoms with van der Waals surface area (Å²) in [4.78, 5) is 15.2. The molecule has 0 radical (unpaired) electrons. The van der Waals surface area contributed by atoms with Crippen molar-refractivity contribution in [1.82, 2.24) is 4.98 Å². The maximum Gasteiger partial charge on any atom is 0.269 e. The Labute approximate surface area is 127 Å². The molecule has 0 amide bonds. The number of pyridine rings is 1. The van der Waals surface area contributed by atoms with Crippen LogP contribution in [0, 0.1) is 16.0 Å². The van der Waals surface area contributed by atoms with Gasteiger partial charge in [-0.2, -0.15) is 0 Å². The second-order valence-corrected chi connectivity index (χ2v) is 5.76. The number of fused-ring (bicyclic) bond motifs is 3. The number of anilines is 1. The van der Waals surface area contributed by atoms with Crippen molar-refractivity contribution >= 4 is 11.4 Å². The van der Waals surface area contributed by atoms with Crippen LogP contribution in [0.15, 0.2) is 54.7 Å². The summed E-state index contributed by atoms with van der Waals surface area (Å²) >= 11 is 0. The molecule has 5 nitrogen and oxygen atoms in total. The highest BCUT2D eigenvalue weighted by molar-refractivity contribution is 5.62. The van der Waals surface area contributed by atoms with E-state index in [0.29, 0.717) is 5.92 Å². The molecular formula is C17H15N3O2. The van der Waals surface area contributed by atoms with E-state index < -0.39 is 0 Å². The van der Waals surface area contributed by atoms with Gasteiger partial charge in [-0.3, -0.25) is 15.1 Å². The molecule has 1 N–H and O–H groups in total. The van der Waals surface area contributed by atoms with Crippen LogP contribution in [0.5, 0.6) is 0 Å². The fourth-order valence-electron chi connectivity index (χ4n) is 3.55. The van der Waals surface area contributed by atoms with Gasteiger partial charge >= 0.3 is 0 Å². The number of hydrogen-bond donors (Lipinski definition) is 1. The van der Waals surface area contributed by atoms with Crippen molar-refractivity contribution in [2.24, 2.45) is 5.92 Å². The van der Waals surface area contributed by atoms with Gasteiger partial charge in [0.25, 0.3) is 5.69 Å². The van der Waals surface area contributed by atoms with E-state index in [1.54, 1.807) is 18.3 Å². The minimum atomic E-state index is -0.335. The Morgan fingerprint density at radius 1 is 1.27 bits per heavy atom. The molecule has 110 valence electrons. The number of hydrogen-bond acceptors (Lipinski definition) is 4. The summed E-state index contributed by atoms with van der Waals surface area (Å²) < 4.78 is 0. The van der Waals surface area contributed by atoms with Crippen LogP contribution in [0.3, 0.4) is 0 Å².